The van der Waals surface area contributed by atoms with Crippen molar-refractivity contribution in [2.75, 3.05) is 14.1 Å². The zero-order valence-electron chi connectivity index (χ0n) is 14.7. The number of rotatable bonds is 6. The van der Waals surface area contributed by atoms with Crippen LogP contribution in [0.4, 0.5) is 4.79 Å². The third-order valence-electron chi connectivity index (χ3n) is 3.35. The minimum absolute atomic E-state index is 0.477. The Morgan fingerprint density at radius 3 is 1.91 bits per heavy atom. The first-order chi connectivity index (χ1) is 10.3. The van der Waals surface area contributed by atoms with E-state index in [4.69, 9.17) is 4.74 Å². The highest BCUT2D eigenvalue weighted by molar-refractivity contribution is 5.90. The molecule has 0 bridgehead atoms. The molecule has 0 rings (SSSR count). The molecule has 132 valence electrons. The first-order valence-corrected chi connectivity index (χ1v) is 7.24. The molecule has 0 aliphatic heterocycles. The van der Waals surface area contributed by atoms with Crippen LogP contribution >= 0.6 is 0 Å². The first-order valence-electron chi connectivity index (χ1n) is 7.24. The van der Waals surface area contributed by atoms with Gasteiger partial charge in [0.25, 0.3) is 0 Å². The molecule has 0 radical (unpaired) electrons. The topological polar surface area (TPSA) is 104 Å². The number of amides is 2. The zero-order chi connectivity index (χ0) is 18.5. The summed E-state index contributed by atoms with van der Waals surface area (Å²) in [6.45, 7) is 7.97. The number of carbonyl (C=O) groups is 4. The van der Waals surface area contributed by atoms with Gasteiger partial charge in [-0.15, -0.1) is 0 Å². The third kappa shape index (κ3) is 5.88. The van der Waals surface area contributed by atoms with Gasteiger partial charge in [-0.05, 0) is 27.7 Å². The van der Waals surface area contributed by atoms with Crippen molar-refractivity contribution in [3.63, 3.8) is 0 Å². The van der Waals surface area contributed by atoms with Gasteiger partial charge in [-0.2, -0.15) is 0 Å². The van der Waals surface area contributed by atoms with Crippen LogP contribution in [0.2, 0.25) is 0 Å². The summed E-state index contributed by atoms with van der Waals surface area (Å²) < 4.78 is 5.17. The summed E-state index contributed by atoms with van der Waals surface area (Å²) in [5, 5.41) is 9.22. The molecule has 3 atom stereocenters. The normalized spacial score (nSPS) is 15.1. The van der Waals surface area contributed by atoms with Gasteiger partial charge < -0.3 is 19.5 Å². The standard InChI is InChI=1S/C15H26N2O6/c1-9(8-18)11(13(20)21)17(7)12(19)10(2)16(6)14(22)23-15(3,4)5/h8-11H,1-7H3,(H,20,21)/t9-,10?,11+/m1/s1. The Morgan fingerprint density at radius 2 is 1.57 bits per heavy atom. The Kier molecular flexibility index (Phi) is 7.21. The van der Waals surface area contributed by atoms with Crippen LogP contribution in [-0.4, -0.2) is 70.9 Å². The van der Waals surface area contributed by atoms with Crippen molar-refractivity contribution in [2.45, 2.75) is 52.3 Å². The number of aldehydes is 1. The number of hydrogen-bond donors (Lipinski definition) is 1. The SMILES string of the molecule is CC(C(=O)N(C)[C@H](C(=O)O)[C@H](C)C=O)N(C)C(=O)OC(C)(C)C. The molecule has 0 aliphatic carbocycles. The summed E-state index contributed by atoms with van der Waals surface area (Å²) in [7, 11) is 2.68. The average Bonchev–Trinajstić information content (AvgIpc) is 2.42. The molecule has 0 saturated carbocycles. The minimum atomic E-state index is -1.30. The van der Waals surface area contributed by atoms with E-state index in [0.717, 1.165) is 9.80 Å². The van der Waals surface area contributed by atoms with Crippen molar-refractivity contribution >= 4 is 24.3 Å². The number of carbonyl (C=O) groups excluding carboxylic acids is 3. The molecule has 0 spiro atoms. The second-order valence-corrected chi connectivity index (χ2v) is 6.49. The zero-order valence-corrected chi connectivity index (χ0v) is 14.7. The molecule has 0 heterocycles. The van der Waals surface area contributed by atoms with Gasteiger partial charge >= 0.3 is 12.1 Å². The predicted octanol–water partition coefficient (Wildman–Crippen LogP) is 0.988. The number of nitrogens with zero attached hydrogens (tertiary/aromatic N) is 2. The van der Waals surface area contributed by atoms with E-state index in [1.807, 2.05) is 0 Å². The fraction of sp³-hybridized carbons (Fsp3) is 0.733. The highest BCUT2D eigenvalue weighted by Crippen LogP contribution is 2.14. The van der Waals surface area contributed by atoms with E-state index < -0.39 is 41.6 Å². The number of aliphatic carboxylic acids is 1. The lowest BCUT2D eigenvalue weighted by Crippen LogP contribution is -2.54. The fourth-order valence-electron chi connectivity index (χ4n) is 1.91. The van der Waals surface area contributed by atoms with Gasteiger partial charge in [0.15, 0.2) is 0 Å². The van der Waals surface area contributed by atoms with E-state index in [0.29, 0.717) is 6.29 Å². The van der Waals surface area contributed by atoms with E-state index in [9.17, 15) is 24.3 Å². The molecule has 1 N–H and O–H groups in total. The number of hydrogen-bond acceptors (Lipinski definition) is 5. The molecule has 23 heavy (non-hydrogen) atoms. The molecule has 0 aliphatic rings. The molecule has 1 unspecified atom stereocenters. The van der Waals surface area contributed by atoms with Crippen molar-refractivity contribution in [2.24, 2.45) is 5.92 Å². The molecule has 8 nitrogen and oxygen atoms in total. The molecule has 8 heteroatoms. The highest BCUT2D eigenvalue weighted by Gasteiger charge is 2.36. The highest BCUT2D eigenvalue weighted by atomic mass is 16.6. The number of likely N-dealkylation sites (N-methyl/N-ethyl adjacent to an activating group) is 2. The fourth-order valence-corrected chi connectivity index (χ4v) is 1.91. The predicted molar refractivity (Wildman–Crippen MR) is 82.9 cm³/mol. The Morgan fingerprint density at radius 1 is 1.09 bits per heavy atom. The maximum Gasteiger partial charge on any atom is 0.410 e. The number of ether oxygens (including phenoxy) is 1. The maximum atomic E-state index is 12.4. The second kappa shape index (κ2) is 7.94. The van der Waals surface area contributed by atoms with E-state index in [1.165, 1.54) is 27.9 Å². The van der Waals surface area contributed by atoms with Crippen LogP contribution in [0.15, 0.2) is 0 Å². The van der Waals surface area contributed by atoms with Crippen LogP contribution in [-0.2, 0) is 19.1 Å². The molecule has 0 aromatic heterocycles. The Balaban J connectivity index is 5.15. The van der Waals surface area contributed by atoms with Gasteiger partial charge in [-0.25, -0.2) is 9.59 Å². The molecule has 0 saturated heterocycles. The molecule has 2 amide bonds. The summed E-state index contributed by atoms with van der Waals surface area (Å²) in [5.74, 6) is -2.76. The van der Waals surface area contributed by atoms with Crippen molar-refractivity contribution in [1.29, 1.82) is 0 Å². The van der Waals surface area contributed by atoms with Crippen LogP contribution in [0.25, 0.3) is 0 Å². The van der Waals surface area contributed by atoms with E-state index in [2.05, 4.69) is 0 Å². The van der Waals surface area contributed by atoms with Gasteiger partial charge in [0.1, 0.15) is 24.0 Å². The lowest BCUT2D eigenvalue weighted by atomic mass is 10.0. The van der Waals surface area contributed by atoms with E-state index >= 15 is 0 Å². The monoisotopic (exact) mass is 330 g/mol. The van der Waals surface area contributed by atoms with Crippen LogP contribution in [0.3, 0.4) is 0 Å². The van der Waals surface area contributed by atoms with Gasteiger partial charge in [-0.1, -0.05) is 6.92 Å². The summed E-state index contributed by atoms with van der Waals surface area (Å²) in [6, 6.07) is -2.23. The number of carboxylic acid groups (broad SMARTS) is 1. The van der Waals surface area contributed by atoms with E-state index in [-0.39, 0.29) is 0 Å². The third-order valence-corrected chi connectivity index (χ3v) is 3.35. The molecular weight excluding hydrogens is 304 g/mol. The van der Waals surface area contributed by atoms with Crippen molar-refractivity contribution < 1.29 is 29.0 Å². The summed E-state index contributed by atoms with van der Waals surface area (Å²) in [6.07, 6.45) is -0.216. The van der Waals surface area contributed by atoms with Gasteiger partial charge in [-0.3, -0.25) is 9.69 Å². The van der Waals surface area contributed by atoms with Crippen LogP contribution in [0.5, 0.6) is 0 Å². The molecule has 0 aromatic rings. The van der Waals surface area contributed by atoms with E-state index in [1.54, 1.807) is 20.8 Å². The second-order valence-electron chi connectivity index (χ2n) is 6.49. The largest absolute Gasteiger partial charge is 0.480 e. The van der Waals surface area contributed by atoms with Crippen molar-refractivity contribution in [3.05, 3.63) is 0 Å². The van der Waals surface area contributed by atoms with Crippen LogP contribution in [0, 0.1) is 5.92 Å². The smallest absolute Gasteiger partial charge is 0.410 e. The van der Waals surface area contributed by atoms with Crippen LogP contribution < -0.4 is 0 Å². The Labute approximate surface area is 136 Å². The summed E-state index contributed by atoms with van der Waals surface area (Å²) >= 11 is 0. The van der Waals surface area contributed by atoms with Gasteiger partial charge in [0.05, 0.1) is 0 Å². The number of carboxylic acids is 1. The minimum Gasteiger partial charge on any atom is -0.480 e. The van der Waals surface area contributed by atoms with Gasteiger partial charge in [0.2, 0.25) is 5.91 Å². The Bertz CT molecular complexity index is 471. The molecule has 0 fully saturated rings. The van der Waals surface area contributed by atoms with Crippen molar-refractivity contribution in [3.8, 4) is 0 Å². The maximum absolute atomic E-state index is 12.4. The van der Waals surface area contributed by atoms with Crippen LogP contribution in [0.1, 0.15) is 34.6 Å². The van der Waals surface area contributed by atoms with Crippen molar-refractivity contribution in [1.82, 2.24) is 9.80 Å². The summed E-state index contributed by atoms with van der Waals surface area (Å²) in [5.41, 5.74) is -0.713. The lowest BCUT2D eigenvalue weighted by Gasteiger charge is -2.33. The molecular formula is C15H26N2O6. The summed E-state index contributed by atoms with van der Waals surface area (Å²) in [4.78, 5) is 48.6. The quantitative estimate of drug-likeness (QED) is 0.728. The lowest BCUT2D eigenvalue weighted by molar-refractivity contribution is -0.153. The molecule has 0 aromatic carbocycles. The first kappa shape index (κ1) is 20.9. The average molecular weight is 330 g/mol. The Hall–Kier alpha value is -2.12. The van der Waals surface area contributed by atoms with Gasteiger partial charge in [0, 0.05) is 20.0 Å².